The summed E-state index contributed by atoms with van der Waals surface area (Å²) >= 11 is 0. The smallest absolute Gasteiger partial charge is 0.411 e. The summed E-state index contributed by atoms with van der Waals surface area (Å²) in [5.74, 6) is 0. The van der Waals surface area contributed by atoms with Crippen LogP contribution in [0.25, 0.3) is 0 Å². The lowest BCUT2D eigenvalue weighted by Crippen LogP contribution is -2.15. The van der Waals surface area contributed by atoms with E-state index in [4.69, 9.17) is 4.74 Å². The van der Waals surface area contributed by atoms with Gasteiger partial charge in [-0.05, 0) is 42.0 Å². The fourth-order valence-corrected chi connectivity index (χ4v) is 2.28. The van der Waals surface area contributed by atoms with Crippen LogP contribution in [0.15, 0.2) is 95.2 Å². The van der Waals surface area contributed by atoms with Crippen molar-refractivity contribution in [3.63, 3.8) is 0 Å². The van der Waals surface area contributed by atoms with Crippen LogP contribution in [0.3, 0.4) is 0 Å². The van der Waals surface area contributed by atoms with Crippen LogP contribution in [-0.2, 0) is 11.2 Å². The zero-order chi connectivity index (χ0) is 18.0. The summed E-state index contributed by atoms with van der Waals surface area (Å²) in [5, 5.41) is 11.0. The van der Waals surface area contributed by atoms with E-state index in [9.17, 15) is 4.79 Å². The Hall–Kier alpha value is -3.47. The SMILES string of the molecule is O=C(Nc1ccc(N=Nc2ccccc2)cc1)OCCc1ccccc1. The summed E-state index contributed by atoms with van der Waals surface area (Å²) in [7, 11) is 0. The number of rotatable bonds is 6. The maximum atomic E-state index is 11.8. The van der Waals surface area contributed by atoms with Gasteiger partial charge in [0, 0.05) is 12.1 Å². The molecule has 26 heavy (non-hydrogen) atoms. The second-order valence-corrected chi connectivity index (χ2v) is 5.58. The number of azo groups is 1. The summed E-state index contributed by atoms with van der Waals surface area (Å²) in [6, 6.07) is 26.5. The summed E-state index contributed by atoms with van der Waals surface area (Å²) in [6.45, 7) is 0.333. The fraction of sp³-hybridized carbons (Fsp3) is 0.0952. The first kappa shape index (κ1) is 17.4. The van der Waals surface area contributed by atoms with Gasteiger partial charge in [-0.2, -0.15) is 10.2 Å². The Kier molecular flexibility index (Phi) is 6.09. The lowest BCUT2D eigenvalue weighted by atomic mass is 10.2. The number of amides is 1. The maximum Gasteiger partial charge on any atom is 0.411 e. The van der Waals surface area contributed by atoms with Gasteiger partial charge >= 0.3 is 6.09 Å². The van der Waals surface area contributed by atoms with Crippen LogP contribution >= 0.6 is 0 Å². The van der Waals surface area contributed by atoms with Crippen molar-refractivity contribution in [3.05, 3.63) is 90.5 Å². The molecule has 0 radical (unpaired) electrons. The number of hydrogen-bond acceptors (Lipinski definition) is 4. The first-order chi connectivity index (χ1) is 12.8. The molecule has 0 spiro atoms. The Morgan fingerprint density at radius 1 is 0.769 bits per heavy atom. The van der Waals surface area contributed by atoms with Crippen molar-refractivity contribution in [2.24, 2.45) is 10.2 Å². The number of carbonyl (C=O) groups is 1. The number of nitrogens with one attached hydrogen (secondary N) is 1. The van der Waals surface area contributed by atoms with E-state index < -0.39 is 6.09 Å². The van der Waals surface area contributed by atoms with Crippen LogP contribution in [0, 0.1) is 0 Å². The molecule has 0 aromatic heterocycles. The van der Waals surface area contributed by atoms with Crippen molar-refractivity contribution in [1.82, 2.24) is 0 Å². The van der Waals surface area contributed by atoms with Crippen LogP contribution in [0.4, 0.5) is 21.9 Å². The lowest BCUT2D eigenvalue weighted by molar-refractivity contribution is 0.163. The van der Waals surface area contributed by atoms with E-state index in [1.807, 2.05) is 60.7 Å². The fourth-order valence-electron chi connectivity index (χ4n) is 2.28. The topological polar surface area (TPSA) is 63.0 Å². The minimum Gasteiger partial charge on any atom is -0.449 e. The second-order valence-electron chi connectivity index (χ2n) is 5.58. The lowest BCUT2D eigenvalue weighted by Gasteiger charge is -2.07. The van der Waals surface area contributed by atoms with Crippen LogP contribution in [0.2, 0.25) is 0 Å². The number of anilines is 1. The Bertz CT molecular complexity index is 847. The third-order valence-electron chi connectivity index (χ3n) is 3.62. The molecule has 0 saturated heterocycles. The first-order valence-electron chi connectivity index (χ1n) is 8.34. The molecular weight excluding hydrogens is 326 g/mol. The van der Waals surface area contributed by atoms with Gasteiger partial charge in [0.2, 0.25) is 0 Å². The first-order valence-corrected chi connectivity index (χ1v) is 8.34. The number of ether oxygens (including phenoxy) is 1. The van der Waals surface area contributed by atoms with E-state index in [2.05, 4.69) is 15.5 Å². The number of carbonyl (C=O) groups excluding carboxylic acids is 1. The summed E-state index contributed by atoms with van der Waals surface area (Å²) < 4.78 is 5.19. The van der Waals surface area contributed by atoms with Gasteiger partial charge in [-0.15, -0.1) is 0 Å². The standard InChI is InChI=1S/C21H19N3O2/c25-21(26-16-15-17-7-3-1-4-8-17)22-18-11-13-20(14-12-18)24-23-19-9-5-2-6-10-19/h1-14H,15-16H2,(H,22,25). The van der Waals surface area contributed by atoms with Crippen molar-refractivity contribution < 1.29 is 9.53 Å². The van der Waals surface area contributed by atoms with Gasteiger partial charge in [-0.1, -0.05) is 48.5 Å². The molecule has 0 saturated carbocycles. The highest BCUT2D eigenvalue weighted by atomic mass is 16.5. The predicted octanol–water partition coefficient (Wildman–Crippen LogP) is 5.89. The van der Waals surface area contributed by atoms with Gasteiger partial charge < -0.3 is 4.74 Å². The zero-order valence-corrected chi connectivity index (χ0v) is 14.2. The minimum absolute atomic E-state index is 0.333. The predicted molar refractivity (Wildman–Crippen MR) is 102 cm³/mol. The van der Waals surface area contributed by atoms with Gasteiger partial charge in [0.15, 0.2) is 0 Å². The molecule has 5 nitrogen and oxygen atoms in total. The maximum absolute atomic E-state index is 11.8. The molecule has 3 aromatic carbocycles. The van der Waals surface area contributed by atoms with Crippen molar-refractivity contribution in [3.8, 4) is 0 Å². The quantitative estimate of drug-likeness (QED) is 0.566. The van der Waals surface area contributed by atoms with Crippen molar-refractivity contribution in [1.29, 1.82) is 0 Å². The van der Waals surface area contributed by atoms with Gasteiger partial charge in [-0.3, -0.25) is 5.32 Å². The molecular formula is C21H19N3O2. The van der Waals surface area contributed by atoms with Crippen LogP contribution in [-0.4, -0.2) is 12.7 Å². The van der Waals surface area contributed by atoms with Gasteiger partial charge in [0.1, 0.15) is 0 Å². The van der Waals surface area contributed by atoms with E-state index >= 15 is 0 Å². The van der Waals surface area contributed by atoms with Crippen LogP contribution < -0.4 is 5.32 Å². The molecule has 1 amide bonds. The molecule has 0 bridgehead atoms. The third kappa shape index (κ3) is 5.56. The molecule has 0 atom stereocenters. The monoisotopic (exact) mass is 345 g/mol. The summed E-state index contributed by atoms with van der Waals surface area (Å²) in [5.41, 5.74) is 3.27. The zero-order valence-electron chi connectivity index (χ0n) is 14.2. The highest BCUT2D eigenvalue weighted by Crippen LogP contribution is 2.20. The van der Waals surface area contributed by atoms with E-state index in [0.717, 1.165) is 11.3 Å². The van der Waals surface area contributed by atoms with E-state index in [-0.39, 0.29) is 0 Å². The number of nitrogens with zero attached hydrogens (tertiary/aromatic N) is 2. The molecule has 0 aliphatic rings. The largest absolute Gasteiger partial charge is 0.449 e. The molecule has 0 aliphatic carbocycles. The molecule has 0 unspecified atom stereocenters. The summed E-state index contributed by atoms with van der Waals surface area (Å²) in [4.78, 5) is 11.8. The molecule has 1 N–H and O–H groups in total. The van der Waals surface area contributed by atoms with Gasteiger partial charge in [0.25, 0.3) is 0 Å². The molecule has 0 fully saturated rings. The molecule has 3 rings (SSSR count). The Balaban J connectivity index is 1.46. The molecule has 3 aromatic rings. The van der Waals surface area contributed by atoms with E-state index in [1.54, 1.807) is 24.3 Å². The Labute approximate surface area is 152 Å². The van der Waals surface area contributed by atoms with Crippen molar-refractivity contribution >= 4 is 23.2 Å². The molecule has 130 valence electrons. The number of benzene rings is 3. The van der Waals surface area contributed by atoms with Crippen molar-refractivity contribution in [2.75, 3.05) is 11.9 Å². The highest BCUT2D eigenvalue weighted by molar-refractivity contribution is 5.84. The summed E-state index contributed by atoms with van der Waals surface area (Å²) in [6.07, 6.45) is 0.215. The molecule has 0 aliphatic heterocycles. The van der Waals surface area contributed by atoms with Crippen molar-refractivity contribution in [2.45, 2.75) is 6.42 Å². The van der Waals surface area contributed by atoms with Crippen LogP contribution in [0.5, 0.6) is 0 Å². The molecule has 5 heteroatoms. The Morgan fingerprint density at radius 3 is 2.00 bits per heavy atom. The average molecular weight is 345 g/mol. The van der Waals surface area contributed by atoms with Gasteiger partial charge in [0.05, 0.1) is 18.0 Å². The average Bonchev–Trinajstić information content (AvgIpc) is 2.69. The normalized spacial score (nSPS) is 10.6. The highest BCUT2D eigenvalue weighted by Gasteiger charge is 2.03. The third-order valence-corrected chi connectivity index (χ3v) is 3.62. The minimum atomic E-state index is -0.473. The van der Waals surface area contributed by atoms with E-state index in [1.165, 1.54) is 0 Å². The molecule has 0 heterocycles. The number of hydrogen-bond donors (Lipinski definition) is 1. The van der Waals surface area contributed by atoms with E-state index in [0.29, 0.717) is 24.4 Å². The second kappa shape index (κ2) is 9.13. The van der Waals surface area contributed by atoms with Gasteiger partial charge in [-0.25, -0.2) is 4.79 Å². The van der Waals surface area contributed by atoms with Crippen LogP contribution in [0.1, 0.15) is 5.56 Å². The Morgan fingerprint density at radius 2 is 1.35 bits per heavy atom.